The molecule has 1 fully saturated rings. The second-order valence-corrected chi connectivity index (χ2v) is 5.17. The van der Waals surface area contributed by atoms with Crippen LogP contribution in [0.25, 0.3) is 0 Å². The van der Waals surface area contributed by atoms with Gasteiger partial charge in [-0.1, -0.05) is 30.3 Å². The Balaban J connectivity index is 1.75. The summed E-state index contributed by atoms with van der Waals surface area (Å²) in [5.41, 5.74) is 9.18. The zero-order chi connectivity index (χ0) is 13.4. The lowest BCUT2D eigenvalue weighted by Gasteiger charge is -2.09. The summed E-state index contributed by atoms with van der Waals surface area (Å²) in [6, 6.07) is 11.1. The number of nitrogens with zero attached hydrogens (tertiary/aromatic N) is 2. The van der Waals surface area contributed by atoms with Crippen molar-refractivity contribution in [2.24, 2.45) is 0 Å². The van der Waals surface area contributed by atoms with Crippen molar-refractivity contribution < 1.29 is 0 Å². The molecule has 2 unspecified atom stereocenters. The first-order chi connectivity index (χ1) is 9.20. The zero-order valence-electron chi connectivity index (χ0n) is 11.4. The number of aryl methyl sites for hydroxylation is 2. The van der Waals surface area contributed by atoms with Gasteiger partial charge in [0.15, 0.2) is 0 Å². The number of nitrogens with two attached hydrogens (primary N) is 1. The Labute approximate surface area is 113 Å². The molecule has 0 saturated heterocycles. The second-order valence-electron chi connectivity index (χ2n) is 5.17. The van der Waals surface area contributed by atoms with E-state index < -0.39 is 0 Å². The summed E-state index contributed by atoms with van der Waals surface area (Å²) in [5.74, 6) is 1.57. The van der Waals surface area contributed by atoms with Crippen LogP contribution in [0.4, 0.5) is 11.5 Å². The average Bonchev–Trinajstić information content (AvgIpc) is 3.16. The molecule has 100 valence electrons. The van der Waals surface area contributed by atoms with E-state index in [1.54, 1.807) is 0 Å². The van der Waals surface area contributed by atoms with Gasteiger partial charge in [-0.2, -0.15) is 5.10 Å². The lowest BCUT2D eigenvalue weighted by molar-refractivity contribution is 0.657. The minimum atomic E-state index is 0.478. The molecule has 2 atom stereocenters. The molecule has 0 aliphatic heterocycles. The molecule has 1 saturated carbocycles. The van der Waals surface area contributed by atoms with Crippen LogP contribution in [-0.4, -0.2) is 15.8 Å². The predicted molar refractivity (Wildman–Crippen MR) is 78.3 cm³/mol. The fourth-order valence-corrected chi connectivity index (χ4v) is 2.58. The van der Waals surface area contributed by atoms with E-state index in [9.17, 15) is 0 Å². The van der Waals surface area contributed by atoms with Gasteiger partial charge in [0.05, 0.1) is 11.4 Å². The average molecular weight is 256 g/mol. The van der Waals surface area contributed by atoms with Crippen molar-refractivity contribution in [3.8, 4) is 0 Å². The van der Waals surface area contributed by atoms with Gasteiger partial charge in [0.1, 0.15) is 5.82 Å². The first-order valence-corrected chi connectivity index (χ1v) is 6.85. The lowest BCUT2D eigenvalue weighted by Crippen LogP contribution is -2.11. The van der Waals surface area contributed by atoms with E-state index in [4.69, 9.17) is 5.73 Å². The number of anilines is 2. The van der Waals surface area contributed by atoms with Crippen LogP contribution in [0, 0.1) is 6.92 Å². The molecule has 1 aliphatic rings. The van der Waals surface area contributed by atoms with E-state index >= 15 is 0 Å². The van der Waals surface area contributed by atoms with Crippen molar-refractivity contribution >= 4 is 11.5 Å². The molecule has 1 aromatic carbocycles. The summed E-state index contributed by atoms with van der Waals surface area (Å²) < 4.78 is 1.95. The standard InChI is InChI=1S/C15H20N4/c1-3-19-15(14(16)10(2)18-19)17-13-9-12(13)11-7-5-4-6-8-11/h4-8,12-13,17H,3,9,16H2,1-2H3. The fraction of sp³-hybridized carbons (Fsp3) is 0.400. The van der Waals surface area contributed by atoms with E-state index in [0.29, 0.717) is 12.0 Å². The van der Waals surface area contributed by atoms with E-state index in [2.05, 4.69) is 47.7 Å². The highest BCUT2D eigenvalue weighted by Crippen LogP contribution is 2.43. The third kappa shape index (κ3) is 2.18. The van der Waals surface area contributed by atoms with Gasteiger partial charge in [0.25, 0.3) is 0 Å². The van der Waals surface area contributed by atoms with Crippen LogP contribution in [0.3, 0.4) is 0 Å². The summed E-state index contributed by atoms with van der Waals surface area (Å²) in [6.45, 7) is 4.87. The molecule has 19 heavy (non-hydrogen) atoms. The van der Waals surface area contributed by atoms with Crippen LogP contribution in [0.5, 0.6) is 0 Å². The molecule has 4 nitrogen and oxygen atoms in total. The largest absolute Gasteiger partial charge is 0.394 e. The number of aromatic nitrogens is 2. The molecule has 1 aliphatic carbocycles. The van der Waals surface area contributed by atoms with Gasteiger partial charge in [0, 0.05) is 18.5 Å². The van der Waals surface area contributed by atoms with Crippen molar-refractivity contribution in [3.63, 3.8) is 0 Å². The third-order valence-corrected chi connectivity index (χ3v) is 3.81. The predicted octanol–water partition coefficient (Wildman–Crippen LogP) is 2.76. The molecule has 0 radical (unpaired) electrons. The topological polar surface area (TPSA) is 55.9 Å². The summed E-state index contributed by atoms with van der Waals surface area (Å²) in [6.07, 6.45) is 1.16. The Morgan fingerprint density at radius 3 is 2.79 bits per heavy atom. The Morgan fingerprint density at radius 2 is 2.11 bits per heavy atom. The first-order valence-electron chi connectivity index (χ1n) is 6.85. The number of nitrogens with one attached hydrogen (secondary N) is 1. The van der Waals surface area contributed by atoms with Gasteiger partial charge in [-0.15, -0.1) is 0 Å². The van der Waals surface area contributed by atoms with Crippen molar-refractivity contribution in [1.82, 2.24) is 9.78 Å². The molecular weight excluding hydrogens is 236 g/mol. The smallest absolute Gasteiger partial charge is 0.148 e. The Morgan fingerprint density at radius 1 is 1.37 bits per heavy atom. The Bertz CT molecular complexity index is 573. The molecule has 0 bridgehead atoms. The molecule has 2 aromatic rings. The van der Waals surface area contributed by atoms with Gasteiger partial charge in [0.2, 0.25) is 0 Å². The number of benzene rings is 1. The van der Waals surface area contributed by atoms with Gasteiger partial charge in [-0.05, 0) is 25.8 Å². The Hall–Kier alpha value is -1.97. The summed E-state index contributed by atoms with van der Waals surface area (Å²) in [5, 5.41) is 7.98. The van der Waals surface area contributed by atoms with Gasteiger partial charge >= 0.3 is 0 Å². The van der Waals surface area contributed by atoms with Crippen LogP contribution in [-0.2, 0) is 6.54 Å². The summed E-state index contributed by atoms with van der Waals surface area (Å²) in [7, 11) is 0. The molecule has 3 rings (SSSR count). The minimum absolute atomic E-state index is 0.478. The van der Waals surface area contributed by atoms with Crippen molar-refractivity contribution in [2.45, 2.75) is 38.8 Å². The van der Waals surface area contributed by atoms with Crippen molar-refractivity contribution in [2.75, 3.05) is 11.1 Å². The van der Waals surface area contributed by atoms with Gasteiger partial charge in [-0.3, -0.25) is 0 Å². The van der Waals surface area contributed by atoms with Crippen molar-refractivity contribution in [3.05, 3.63) is 41.6 Å². The van der Waals surface area contributed by atoms with E-state index in [0.717, 1.165) is 30.2 Å². The van der Waals surface area contributed by atoms with Crippen molar-refractivity contribution in [1.29, 1.82) is 0 Å². The quantitative estimate of drug-likeness (QED) is 0.884. The summed E-state index contributed by atoms with van der Waals surface area (Å²) in [4.78, 5) is 0. The summed E-state index contributed by atoms with van der Waals surface area (Å²) >= 11 is 0. The molecule has 4 heteroatoms. The first kappa shape index (κ1) is 12.1. The van der Waals surface area contributed by atoms with Gasteiger partial charge in [-0.25, -0.2) is 4.68 Å². The monoisotopic (exact) mass is 256 g/mol. The minimum Gasteiger partial charge on any atom is -0.394 e. The maximum absolute atomic E-state index is 6.09. The number of hydrogen-bond donors (Lipinski definition) is 2. The lowest BCUT2D eigenvalue weighted by atomic mass is 10.1. The molecule has 0 amide bonds. The van der Waals surface area contributed by atoms with E-state index in [1.165, 1.54) is 5.56 Å². The Kier molecular flexibility index (Phi) is 2.93. The van der Waals surface area contributed by atoms with Crippen LogP contribution in [0.2, 0.25) is 0 Å². The normalized spacial score (nSPS) is 21.4. The van der Waals surface area contributed by atoms with E-state index in [1.807, 2.05) is 11.6 Å². The van der Waals surface area contributed by atoms with E-state index in [-0.39, 0.29) is 0 Å². The molecular formula is C15H20N4. The number of nitrogen functional groups attached to an aromatic ring is 1. The second kappa shape index (κ2) is 4.61. The number of hydrogen-bond acceptors (Lipinski definition) is 3. The third-order valence-electron chi connectivity index (χ3n) is 3.81. The number of rotatable bonds is 4. The van der Waals surface area contributed by atoms with Crippen LogP contribution in [0.15, 0.2) is 30.3 Å². The molecule has 0 spiro atoms. The SMILES string of the molecule is CCn1nc(C)c(N)c1NC1CC1c1ccccc1. The maximum atomic E-state index is 6.09. The van der Waals surface area contributed by atoms with Crippen LogP contribution in [0.1, 0.15) is 30.5 Å². The molecule has 1 heterocycles. The fourth-order valence-electron chi connectivity index (χ4n) is 2.58. The zero-order valence-corrected chi connectivity index (χ0v) is 11.4. The maximum Gasteiger partial charge on any atom is 0.148 e. The van der Waals surface area contributed by atoms with Gasteiger partial charge < -0.3 is 11.1 Å². The highest BCUT2D eigenvalue weighted by Gasteiger charge is 2.39. The highest BCUT2D eigenvalue weighted by molar-refractivity contribution is 5.66. The molecule has 3 N–H and O–H groups in total. The molecule has 1 aromatic heterocycles. The highest BCUT2D eigenvalue weighted by atomic mass is 15.3. The van der Waals surface area contributed by atoms with Crippen LogP contribution >= 0.6 is 0 Å². The van der Waals surface area contributed by atoms with Crippen LogP contribution < -0.4 is 11.1 Å².